The Bertz CT molecular complexity index is 1040. The second kappa shape index (κ2) is 10.0. The molecule has 172 valence electrons. The van der Waals surface area contributed by atoms with Crippen LogP contribution in [0.15, 0.2) is 21.4 Å². The summed E-state index contributed by atoms with van der Waals surface area (Å²) in [5.74, 6) is 1.51. The lowest BCUT2D eigenvalue weighted by Crippen LogP contribution is -2.43. The van der Waals surface area contributed by atoms with Crippen molar-refractivity contribution in [2.24, 2.45) is 0 Å². The van der Waals surface area contributed by atoms with E-state index in [-0.39, 0.29) is 18.6 Å². The summed E-state index contributed by atoms with van der Waals surface area (Å²) in [7, 11) is 1.57. The van der Waals surface area contributed by atoms with Gasteiger partial charge in [-0.05, 0) is 32.3 Å². The lowest BCUT2D eigenvalue weighted by molar-refractivity contribution is 0.00216. The Labute approximate surface area is 185 Å². The van der Waals surface area contributed by atoms with Crippen LogP contribution in [-0.4, -0.2) is 68.8 Å². The molecule has 1 aliphatic rings. The molecule has 1 unspecified atom stereocenters. The zero-order chi connectivity index (χ0) is 22.5. The summed E-state index contributed by atoms with van der Waals surface area (Å²) in [4.78, 5) is 19.2. The van der Waals surface area contributed by atoms with Crippen LogP contribution in [0.2, 0.25) is 0 Å². The van der Waals surface area contributed by atoms with Crippen LogP contribution in [0, 0.1) is 13.8 Å². The highest BCUT2D eigenvalue weighted by atomic mass is 16.5. The van der Waals surface area contributed by atoms with Crippen molar-refractivity contribution >= 4 is 5.91 Å². The summed E-state index contributed by atoms with van der Waals surface area (Å²) in [6.07, 6.45) is 5.94. The third-order valence-electron chi connectivity index (χ3n) is 5.39. The smallest absolute Gasteiger partial charge is 0.276 e. The molecule has 11 nitrogen and oxygen atoms in total. The molecular formula is C21H28N6O5. The maximum absolute atomic E-state index is 13.2. The minimum atomic E-state index is -0.142. The molecule has 0 radical (unpaired) electrons. The summed E-state index contributed by atoms with van der Waals surface area (Å²) in [6, 6.07) is 0. The first-order valence-electron chi connectivity index (χ1n) is 10.7. The fourth-order valence-electron chi connectivity index (χ4n) is 3.76. The van der Waals surface area contributed by atoms with Gasteiger partial charge in [0.2, 0.25) is 0 Å². The Morgan fingerprint density at radius 1 is 1.28 bits per heavy atom. The average molecular weight is 444 g/mol. The van der Waals surface area contributed by atoms with Crippen molar-refractivity contribution in [1.82, 2.24) is 30.0 Å². The van der Waals surface area contributed by atoms with Crippen molar-refractivity contribution in [2.45, 2.75) is 52.4 Å². The largest absolute Gasteiger partial charge is 0.376 e. The molecule has 0 bridgehead atoms. The predicted octanol–water partition coefficient (Wildman–Crippen LogP) is 1.93. The third kappa shape index (κ3) is 5.22. The standard InChI is InChI=1S/C21H28N6O5/c1-14-9-22-27(10-14)12-17-15(2)31-25-20(17)21(28)26-7-4-5-16(11-26)30-8-6-18-23-19(13-29-3)32-24-18/h9-10,16H,4-8,11-13H2,1-3H3. The lowest BCUT2D eigenvalue weighted by atomic mass is 10.1. The highest BCUT2D eigenvalue weighted by molar-refractivity contribution is 5.94. The Morgan fingerprint density at radius 2 is 2.16 bits per heavy atom. The van der Waals surface area contributed by atoms with E-state index in [1.165, 1.54) is 0 Å². The monoisotopic (exact) mass is 444 g/mol. The van der Waals surface area contributed by atoms with Gasteiger partial charge in [0, 0.05) is 38.4 Å². The third-order valence-corrected chi connectivity index (χ3v) is 5.39. The second-order valence-corrected chi connectivity index (χ2v) is 7.95. The Hall–Kier alpha value is -3.05. The molecule has 11 heteroatoms. The lowest BCUT2D eigenvalue weighted by Gasteiger charge is -2.32. The summed E-state index contributed by atoms with van der Waals surface area (Å²) in [5.41, 5.74) is 2.15. The topological polar surface area (TPSA) is 122 Å². The molecule has 1 amide bonds. The van der Waals surface area contributed by atoms with E-state index in [1.54, 1.807) is 22.9 Å². The van der Waals surface area contributed by atoms with E-state index >= 15 is 0 Å². The molecule has 1 atom stereocenters. The van der Waals surface area contributed by atoms with Crippen LogP contribution in [0.1, 0.15) is 51.9 Å². The van der Waals surface area contributed by atoms with Crippen molar-refractivity contribution in [2.75, 3.05) is 26.8 Å². The maximum atomic E-state index is 13.2. The molecule has 32 heavy (non-hydrogen) atoms. The van der Waals surface area contributed by atoms with Crippen LogP contribution in [-0.2, 0) is 29.0 Å². The molecule has 3 aromatic heterocycles. The van der Waals surface area contributed by atoms with Gasteiger partial charge in [-0.25, -0.2) is 0 Å². The first kappa shape index (κ1) is 22.2. The molecule has 1 saturated heterocycles. The van der Waals surface area contributed by atoms with E-state index in [2.05, 4.69) is 20.4 Å². The van der Waals surface area contributed by atoms with Crippen molar-refractivity contribution < 1.29 is 23.3 Å². The number of nitrogens with zero attached hydrogens (tertiary/aromatic N) is 6. The Kier molecular flexibility index (Phi) is 6.96. The van der Waals surface area contributed by atoms with Crippen molar-refractivity contribution in [3.05, 3.63) is 46.7 Å². The molecule has 4 rings (SSSR count). The number of likely N-dealkylation sites (tertiary alicyclic amines) is 1. The fraction of sp³-hybridized carbons (Fsp3) is 0.571. The SMILES string of the molecule is COCc1nc(CCOC2CCCN(C(=O)c3noc(C)c3Cn3cc(C)cn3)C2)no1. The van der Waals surface area contributed by atoms with Crippen molar-refractivity contribution in [3.63, 3.8) is 0 Å². The number of hydrogen-bond donors (Lipinski definition) is 0. The number of ether oxygens (including phenoxy) is 2. The van der Waals surface area contributed by atoms with Crippen molar-refractivity contribution in [1.29, 1.82) is 0 Å². The predicted molar refractivity (Wildman–Crippen MR) is 111 cm³/mol. The number of amides is 1. The summed E-state index contributed by atoms with van der Waals surface area (Å²) >= 11 is 0. The summed E-state index contributed by atoms with van der Waals surface area (Å²) in [5, 5.41) is 12.3. The Morgan fingerprint density at radius 3 is 2.94 bits per heavy atom. The zero-order valence-electron chi connectivity index (χ0n) is 18.6. The van der Waals surface area contributed by atoms with Gasteiger partial charge in [0.1, 0.15) is 12.4 Å². The molecule has 0 saturated carbocycles. The number of carbonyl (C=O) groups is 1. The molecule has 1 fully saturated rings. The first-order valence-corrected chi connectivity index (χ1v) is 10.7. The second-order valence-electron chi connectivity index (χ2n) is 7.95. The van der Waals surface area contributed by atoms with Gasteiger partial charge < -0.3 is 23.4 Å². The first-order chi connectivity index (χ1) is 15.5. The van der Waals surface area contributed by atoms with Crippen LogP contribution in [0.3, 0.4) is 0 Å². The number of methoxy groups -OCH3 is 1. The van der Waals surface area contributed by atoms with E-state index in [4.69, 9.17) is 18.5 Å². The molecule has 3 aromatic rings. The van der Waals surface area contributed by atoms with E-state index < -0.39 is 0 Å². The van der Waals surface area contributed by atoms with Gasteiger partial charge >= 0.3 is 0 Å². The van der Waals surface area contributed by atoms with Crippen molar-refractivity contribution in [3.8, 4) is 0 Å². The van der Waals surface area contributed by atoms with Crippen LogP contribution >= 0.6 is 0 Å². The summed E-state index contributed by atoms with van der Waals surface area (Å²) in [6.45, 7) is 6.13. The molecule has 0 spiro atoms. The van der Waals surface area contributed by atoms with E-state index in [0.717, 1.165) is 24.0 Å². The van der Waals surface area contributed by atoms with E-state index in [1.807, 2.05) is 20.0 Å². The number of piperidine rings is 1. The number of aromatic nitrogens is 5. The number of rotatable bonds is 9. The van der Waals surface area contributed by atoms with Crippen LogP contribution in [0.25, 0.3) is 0 Å². The quantitative estimate of drug-likeness (QED) is 0.487. The average Bonchev–Trinajstić information content (AvgIpc) is 3.50. The normalized spacial score (nSPS) is 16.6. The van der Waals surface area contributed by atoms with Crippen LogP contribution in [0.5, 0.6) is 0 Å². The molecule has 0 N–H and O–H groups in total. The molecule has 0 aromatic carbocycles. The Balaban J connectivity index is 1.33. The van der Waals surface area contributed by atoms with Gasteiger partial charge in [-0.3, -0.25) is 9.48 Å². The minimum absolute atomic E-state index is 0.0525. The number of carbonyl (C=O) groups excluding carboxylic acids is 1. The van der Waals surface area contributed by atoms with E-state index in [0.29, 0.717) is 55.8 Å². The molecule has 1 aliphatic heterocycles. The maximum Gasteiger partial charge on any atom is 0.276 e. The number of aryl methyl sites for hydroxylation is 2. The zero-order valence-corrected chi connectivity index (χ0v) is 18.6. The fourth-order valence-corrected chi connectivity index (χ4v) is 3.76. The molecule has 4 heterocycles. The van der Waals surface area contributed by atoms with Gasteiger partial charge in [-0.15, -0.1) is 0 Å². The summed E-state index contributed by atoms with van der Waals surface area (Å²) < 4.78 is 23.2. The van der Waals surface area contributed by atoms with Gasteiger partial charge in [-0.1, -0.05) is 10.3 Å². The van der Waals surface area contributed by atoms with Gasteiger partial charge in [0.15, 0.2) is 11.5 Å². The van der Waals surface area contributed by atoms with Gasteiger partial charge in [-0.2, -0.15) is 10.1 Å². The minimum Gasteiger partial charge on any atom is -0.376 e. The highest BCUT2D eigenvalue weighted by Gasteiger charge is 2.29. The van der Waals surface area contributed by atoms with Crippen LogP contribution < -0.4 is 0 Å². The number of hydrogen-bond acceptors (Lipinski definition) is 9. The van der Waals surface area contributed by atoms with E-state index in [9.17, 15) is 4.79 Å². The van der Waals surface area contributed by atoms with Gasteiger partial charge in [0.25, 0.3) is 11.8 Å². The molecule has 0 aliphatic carbocycles. The van der Waals surface area contributed by atoms with Crippen LogP contribution in [0.4, 0.5) is 0 Å². The molecular weight excluding hydrogens is 416 g/mol. The van der Waals surface area contributed by atoms with Gasteiger partial charge in [0.05, 0.1) is 25.5 Å². The highest BCUT2D eigenvalue weighted by Crippen LogP contribution is 2.21.